The highest BCUT2D eigenvalue weighted by molar-refractivity contribution is 5.15. The number of allylic oxidation sites excluding steroid dienone is 1. The molecule has 0 saturated heterocycles. The number of aryl methyl sites for hydroxylation is 1. The van der Waals surface area contributed by atoms with E-state index in [-0.39, 0.29) is 0 Å². The van der Waals surface area contributed by atoms with Crippen LogP contribution in [0.15, 0.2) is 48.2 Å². The summed E-state index contributed by atoms with van der Waals surface area (Å²) in [5.74, 6) is 0.651. The summed E-state index contributed by atoms with van der Waals surface area (Å²) in [5, 5.41) is 0. The molecule has 0 bridgehead atoms. The van der Waals surface area contributed by atoms with Gasteiger partial charge < -0.3 is 0 Å². The fourth-order valence-corrected chi connectivity index (χ4v) is 1.32. The van der Waals surface area contributed by atoms with Crippen LogP contribution in [0.3, 0.4) is 0 Å². The van der Waals surface area contributed by atoms with E-state index in [4.69, 9.17) is 0 Å². The highest BCUT2D eigenvalue weighted by Crippen LogP contribution is 2.03. The van der Waals surface area contributed by atoms with Crippen LogP contribution in [0.25, 0.3) is 0 Å². The summed E-state index contributed by atoms with van der Waals surface area (Å²) in [4.78, 5) is 0. The highest BCUT2D eigenvalue weighted by Gasteiger charge is 1.89. The molecule has 0 aliphatic carbocycles. The molecule has 0 fully saturated rings. The van der Waals surface area contributed by atoms with Gasteiger partial charge in [0.2, 0.25) is 0 Å². The third-order valence-electron chi connectivity index (χ3n) is 2.56. The van der Waals surface area contributed by atoms with Gasteiger partial charge in [0.1, 0.15) is 0 Å². The highest BCUT2D eigenvalue weighted by atomic mass is 13.9. The van der Waals surface area contributed by atoms with E-state index in [1.165, 1.54) is 12.0 Å². The Balaban J connectivity index is 2.30. The van der Waals surface area contributed by atoms with Crippen molar-refractivity contribution in [1.82, 2.24) is 0 Å². The molecule has 0 heteroatoms. The standard InChI is InChI=1S/C15H20/c1-3-14(2)10-6-4-7-11-15-12-8-5-9-13-15/h4-5,8-10,12-14H,3,7,11H2,1-2H3. The minimum Gasteiger partial charge on any atom is -0.129 e. The number of hydrogen-bond acceptors (Lipinski definition) is 0. The Labute approximate surface area is 93.3 Å². The lowest BCUT2D eigenvalue weighted by atomic mass is 10.1. The van der Waals surface area contributed by atoms with Crippen molar-refractivity contribution < 1.29 is 0 Å². The molecule has 0 heterocycles. The third-order valence-corrected chi connectivity index (χ3v) is 2.56. The summed E-state index contributed by atoms with van der Waals surface area (Å²) in [5.41, 5.74) is 4.66. The summed E-state index contributed by atoms with van der Waals surface area (Å²) in [7, 11) is 0. The van der Waals surface area contributed by atoms with Crippen LogP contribution in [0.2, 0.25) is 0 Å². The van der Waals surface area contributed by atoms with Crippen molar-refractivity contribution in [2.24, 2.45) is 5.92 Å². The van der Waals surface area contributed by atoms with Gasteiger partial charge in [-0.15, -0.1) is 5.73 Å². The maximum Gasteiger partial charge on any atom is -0.0189 e. The molecule has 0 aliphatic rings. The van der Waals surface area contributed by atoms with Crippen molar-refractivity contribution in [3.05, 3.63) is 53.8 Å². The minimum atomic E-state index is 0.651. The van der Waals surface area contributed by atoms with E-state index in [1.54, 1.807) is 0 Å². The molecule has 1 aromatic rings. The van der Waals surface area contributed by atoms with Crippen LogP contribution in [0.1, 0.15) is 32.3 Å². The average molecular weight is 200 g/mol. The Hall–Kier alpha value is -1.26. The molecule has 1 unspecified atom stereocenters. The molecule has 1 rings (SSSR count). The topological polar surface area (TPSA) is 0 Å². The van der Waals surface area contributed by atoms with E-state index in [1.807, 2.05) is 0 Å². The monoisotopic (exact) mass is 200 g/mol. The Kier molecular flexibility index (Phi) is 5.58. The SMILES string of the molecule is CCC(C)C=C=CCCc1ccccc1. The zero-order valence-electron chi connectivity index (χ0n) is 9.74. The summed E-state index contributed by atoms with van der Waals surface area (Å²) in [6.07, 6.45) is 7.68. The van der Waals surface area contributed by atoms with Gasteiger partial charge >= 0.3 is 0 Å². The van der Waals surface area contributed by atoms with Crippen LogP contribution in [-0.2, 0) is 6.42 Å². The second-order valence-corrected chi connectivity index (χ2v) is 3.95. The van der Waals surface area contributed by atoms with Crippen LogP contribution >= 0.6 is 0 Å². The van der Waals surface area contributed by atoms with Gasteiger partial charge in [-0.05, 0) is 42.9 Å². The average Bonchev–Trinajstić information content (AvgIpc) is 2.29. The second-order valence-electron chi connectivity index (χ2n) is 3.95. The second kappa shape index (κ2) is 7.09. The summed E-state index contributed by atoms with van der Waals surface area (Å²) in [6, 6.07) is 10.6. The lowest BCUT2D eigenvalue weighted by molar-refractivity contribution is 0.699. The molecule has 0 N–H and O–H groups in total. The van der Waals surface area contributed by atoms with Gasteiger partial charge in [-0.3, -0.25) is 0 Å². The summed E-state index contributed by atoms with van der Waals surface area (Å²) >= 11 is 0. The van der Waals surface area contributed by atoms with Crippen LogP contribution in [0.5, 0.6) is 0 Å². The predicted molar refractivity (Wildman–Crippen MR) is 66.9 cm³/mol. The maximum atomic E-state index is 3.26. The molecular weight excluding hydrogens is 180 g/mol. The first-order chi connectivity index (χ1) is 7.33. The first-order valence-electron chi connectivity index (χ1n) is 5.78. The molecule has 1 aromatic carbocycles. The summed E-state index contributed by atoms with van der Waals surface area (Å²) < 4.78 is 0. The zero-order valence-corrected chi connectivity index (χ0v) is 9.74. The predicted octanol–water partition coefficient (Wildman–Crippen LogP) is 4.38. The van der Waals surface area contributed by atoms with Gasteiger partial charge in [-0.1, -0.05) is 44.2 Å². The van der Waals surface area contributed by atoms with E-state index >= 15 is 0 Å². The molecule has 0 spiro atoms. The van der Waals surface area contributed by atoms with Crippen molar-refractivity contribution in [1.29, 1.82) is 0 Å². The lowest BCUT2D eigenvalue weighted by Gasteiger charge is -1.96. The molecule has 0 amide bonds. The normalized spacial score (nSPS) is 11.6. The largest absolute Gasteiger partial charge is 0.129 e. The van der Waals surface area contributed by atoms with Gasteiger partial charge in [0, 0.05) is 0 Å². The van der Waals surface area contributed by atoms with Gasteiger partial charge in [0.25, 0.3) is 0 Å². The van der Waals surface area contributed by atoms with Crippen LogP contribution < -0.4 is 0 Å². The Morgan fingerprint density at radius 3 is 2.67 bits per heavy atom. The number of hydrogen-bond donors (Lipinski definition) is 0. The third kappa shape index (κ3) is 5.24. The van der Waals surface area contributed by atoms with Crippen molar-refractivity contribution in [2.75, 3.05) is 0 Å². The van der Waals surface area contributed by atoms with Crippen LogP contribution in [-0.4, -0.2) is 0 Å². The van der Waals surface area contributed by atoms with Crippen molar-refractivity contribution in [2.45, 2.75) is 33.1 Å². The van der Waals surface area contributed by atoms with Crippen molar-refractivity contribution >= 4 is 0 Å². The number of benzene rings is 1. The quantitative estimate of drug-likeness (QED) is 0.619. The molecule has 1 atom stereocenters. The first-order valence-corrected chi connectivity index (χ1v) is 5.78. The lowest BCUT2D eigenvalue weighted by Crippen LogP contribution is -1.82. The van der Waals surface area contributed by atoms with E-state index < -0.39 is 0 Å². The van der Waals surface area contributed by atoms with Gasteiger partial charge in [0.15, 0.2) is 0 Å². The fraction of sp³-hybridized carbons (Fsp3) is 0.400. The fourth-order valence-electron chi connectivity index (χ4n) is 1.32. The molecule has 0 saturated carbocycles. The maximum absolute atomic E-state index is 3.26. The Morgan fingerprint density at radius 2 is 2.00 bits per heavy atom. The van der Waals surface area contributed by atoms with Crippen LogP contribution in [0, 0.1) is 5.92 Å². The number of rotatable bonds is 5. The molecule has 0 nitrogen and oxygen atoms in total. The van der Waals surface area contributed by atoms with E-state index in [0.717, 1.165) is 12.8 Å². The van der Waals surface area contributed by atoms with E-state index in [2.05, 4.69) is 62.1 Å². The zero-order chi connectivity index (χ0) is 10.9. The molecule has 0 aliphatic heterocycles. The minimum absolute atomic E-state index is 0.651. The Morgan fingerprint density at radius 1 is 1.27 bits per heavy atom. The van der Waals surface area contributed by atoms with Crippen LogP contribution in [0.4, 0.5) is 0 Å². The molecule has 0 aromatic heterocycles. The Bertz CT molecular complexity index is 315. The van der Waals surface area contributed by atoms with E-state index in [0.29, 0.717) is 5.92 Å². The molecular formula is C15H20. The first kappa shape index (κ1) is 11.8. The van der Waals surface area contributed by atoms with Crippen molar-refractivity contribution in [3.63, 3.8) is 0 Å². The van der Waals surface area contributed by atoms with Crippen molar-refractivity contribution in [3.8, 4) is 0 Å². The smallest absolute Gasteiger partial charge is 0.0189 e. The summed E-state index contributed by atoms with van der Waals surface area (Å²) in [6.45, 7) is 4.42. The van der Waals surface area contributed by atoms with Gasteiger partial charge in [-0.2, -0.15) is 0 Å². The van der Waals surface area contributed by atoms with Gasteiger partial charge in [-0.25, -0.2) is 0 Å². The molecule has 80 valence electrons. The van der Waals surface area contributed by atoms with E-state index in [9.17, 15) is 0 Å². The molecule has 0 radical (unpaired) electrons. The molecule has 15 heavy (non-hydrogen) atoms. The van der Waals surface area contributed by atoms with Gasteiger partial charge in [0.05, 0.1) is 0 Å².